The third kappa shape index (κ3) is 1.74. The zero-order chi connectivity index (χ0) is 10.9. The first-order valence-electron chi connectivity index (χ1n) is 4.80. The molecule has 1 fully saturated rings. The summed E-state index contributed by atoms with van der Waals surface area (Å²) in [6, 6.07) is 0. The summed E-state index contributed by atoms with van der Waals surface area (Å²) in [5.74, 6) is -0.335. The van der Waals surface area contributed by atoms with E-state index in [2.05, 4.69) is 5.16 Å². The van der Waals surface area contributed by atoms with Gasteiger partial charge in [0.05, 0.1) is 5.71 Å². The number of hydrogen-bond donors (Lipinski definition) is 2. The minimum Gasteiger partial charge on any atom is -0.481 e. The number of nitrogens with zero attached hydrogens (tertiary/aromatic N) is 1. The van der Waals surface area contributed by atoms with Crippen LogP contribution in [0.2, 0.25) is 0 Å². The molecule has 4 heteroatoms. The molecular formula is C10H17NO3. The van der Waals surface area contributed by atoms with Gasteiger partial charge in [0.1, 0.15) is 0 Å². The van der Waals surface area contributed by atoms with Crippen molar-refractivity contribution in [2.75, 3.05) is 0 Å². The Kier molecular flexibility index (Phi) is 2.83. The van der Waals surface area contributed by atoms with Crippen LogP contribution in [0.3, 0.4) is 0 Å². The lowest BCUT2D eigenvalue weighted by Crippen LogP contribution is -2.48. The molecule has 14 heavy (non-hydrogen) atoms. The quantitative estimate of drug-likeness (QED) is 0.415. The van der Waals surface area contributed by atoms with Gasteiger partial charge in [0.15, 0.2) is 0 Å². The standard InChI is InChI=1S/C10H17NO3/c1-6(11-14)8-4-7(5-9(12)13)10(8,2)3/h7-8,14H,4-5H2,1-3H3,(H,12,13)/b11-6-. The van der Waals surface area contributed by atoms with Crippen LogP contribution in [0.5, 0.6) is 0 Å². The third-order valence-electron chi connectivity index (χ3n) is 3.55. The van der Waals surface area contributed by atoms with Crippen molar-refractivity contribution in [3.05, 3.63) is 0 Å². The molecule has 0 aromatic heterocycles. The molecule has 0 aromatic carbocycles. The highest BCUT2D eigenvalue weighted by Crippen LogP contribution is 2.53. The van der Waals surface area contributed by atoms with Gasteiger partial charge in [-0.15, -0.1) is 0 Å². The van der Waals surface area contributed by atoms with Crippen LogP contribution in [0.1, 0.15) is 33.6 Å². The summed E-state index contributed by atoms with van der Waals surface area (Å²) in [6.07, 6.45) is 1.03. The molecule has 0 spiro atoms. The topological polar surface area (TPSA) is 69.9 Å². The van der Waals surface area contributed by atoms with Crippen molar-refractivity contribution in [2.24, 2.45) is 22.4 Å². The van der Waals surface area contributed by atoms with Gasteiger partial charge in [0.25, 0.3) is 0 Å². The SMILES string of the molecule is C/C(=N/O)C1CC(CC(=O)O)C1(C)C. The van der Waals surface area contributed by atoms with Crippen molar-refractivity contribution in [3.8, 4) is 0 Å². The molecule has 0 saturated heterocycles. The lowest BCUT2D eigenvalue weighted by atomic mass is 9.52. The second-order valence-electron chi connectivity index (χ2n) is 4.65. The van der Waals surface area contributed by atoms with Crippen LogP contribution < -0.4 is 0 Å². The van der Waals surface area contributed by atoms with E-state index >= 15 is 0 Å². The first-order chi connectivity index (χ1) is 6.39. The Morgan fingerprint density at radius 1 is 1.57 bits per heavy atom. The maximum atomic E-state index is 10.6. The molecule has 2 N–H and O–H groups in total. The summed E-state index contributed by atoms with van der Waals surface area (Å²) in [4.78, 5) is 10.6. The Morgan fingerprint density at radius 3 is 2.50 bits per heavy atom. The van der Waals surface area contributed by atoms with E-state index in [9.17, 15) is 4.79 Å². The van der Waals surface area contributed by atoms with Gasteiger partial charge in [-0.25, -0.2) is 0 Å². The molecule has 1 rings (SSSR count). The fraction of sp³-hybridized carbons (Fsp3) is 0.800. The van der Waals surface area contributed by atoms with Gasteiger partial charge in [0, 0.05) is 12.3 Å². The van der Waals surface area contributed by atoms with Crippen LogP contribution in [0, 0.1) is 17.3 Å². The molecule has 0 aliphatic heterocycles. The largest absolute Gasteiger partial charge is 0.481 e. The van der Waals surface area contributed by atoms with Crippen LogP contribution >= 0.6 is 0 Å². The highest BCUT2D eigenvalue weighted by molar-refractivity contribution is 5.85. The predicted molar refractivity (Wildman–Crippen MR) is 52.5 cm³/mol. The average molecular weight is 199 g/mol. The van der Waals surface area contributed by atoms with Crippen LogP contribution in [0.4, 0.5) is 0 Å². The number of aliphatic carboxylic acids is 1. The average Bonchev–Trinajstić information content (AvgIpc) is 2.10. The number of hydrogen-bond acceptors (Lipinski definition) is 3. The summed E-state index contributed by atoms with van der Waals surface area (Å²) < 4.78 is 0. The Balaban J connectivity index is 2.63. The summed E-state index contributed by atoms with van der Waals surface area (Å²) >= 11 is 0. The number of carboxylic acids is 1. The summed E-state index contributed by atoms with van der Waals surface area (Å²) in [6.45, 7) is 5.84. The second kappa shape index (κ2) is 3.59. The van der Waals surface area contributed by atoms with E-state index in [-0.39, 0.29) is 23.7 Å². The van der Waals surface area contributed by atoms with Crippen molar-refractivity contribution >= 4 is 11.7 Å². The highest BCUT2D eigenvalue weighted by atomic mass is 16.4. The van der Waals surface area contributed by atoms with Crippen LogP contribution in [-0.4, -0.2) is 22.0 Å². The number of carbonyl (C=O) groups is 1. The number of carboxylic acid groups (broad SMARTS) is 1. The Hall–Kier alpha value is -1.06. The second-order valence-corrected chi connectivity index (χ2v) is 4.65. The first-order valence-corrected chi connectivity index (χ1v) is 4.80. The summed E-state index contributed by atoms with van der Waals surface area (Å²) in [7, 11) is 0. The van der Waals surface area contributed by atoms with Crippen molar-refractivity contribution in [1.29, 1.82) is 0 Å². The molecule has 2 unspecified atom stereocenters. The highest BCUT2D eigenvalue weighted by Gasteiger charge is 2.49. The molecule has 0 aromatic rings. The molecule has 0 amide bonds. The maximum absolute atomic E-state index is 10.6. The monoisotopic (exact) mass is 199 g/mol. The van der Waals surface area contributed by atoms with Gasteiger partial charge < -0.3 is 10.3 Å². The Bertz CT molecular complexity index is 271. The maximum Gasteiger partial charge on any atom is 0.303 e. The van der Waals surface area contributed by atoms with E-state index in [1.54, 1.807) is 6.92 Å². The molecule has 1 aliphatic rings. The molecule has 4 nitrogen and oxygen atoms in total. The molecule has 0 bridgehead atoms. The van der Waals surface area contributed by atoms with Crippen molar-refractivity contribution < 1.29 is 15.1 Å². The molecule has 1 saturated carbocycles. The lowest BCUT2D eigenvalue weighted by molar-refractivity contribution is -0.142. The zero-order valence-electron chi connectivity index (χ0n) is 8.82. The molecule has 2 atom stereocenters. The number of oxime groups is 1. The van der Waals surface area contributed by atoms with E-state index in [1.807, 2.05) is 13.8 Å². The van der Waals surface area contributed by atoms with E-state index in [1.165, 1.54) is 0 Å². The van der Waals surface area contributed by atoms with Crippen LogP contribution in [0.25, 0.3) is 0 Å². The van der Waals surface area contributed by atoms with E-state index in [4.69, 9.17) is 10.3 Å². The third-order valence-corrected chi connectivity index (χ3v) is 3.55. The predicted octanol–water partition coefficient (Wildman–Crippen LogP) is 1.97. The van der Waals surface area contributed by atoms with Crippen LogP contribution in [-0.2, 0) is 4.79 Å². The van der Waals surface area contributed by atoms with E-state index < -0.39 is 5.97 Å². The first kappa shape index (κ1) is 11.0. The molecular weight excluding hydrogens is 182 g/mol. The minimum absolute atomic E-state index is 0.0608. The zero-order valence-corrected chi connectivity index (χ0v) is 8.82. The van der Waals surface area contributed by atoms with E-state index in [0.29, 0.717) is 5.71 Å². The Labute approximate surface area is 83.6 Å². The molecule has 1 aliphatic carbocycles. The molecule has 0 radical (unpaired) electrons. The number of rotatable bonds is 3. The van der Waals surface area contributed by atoms with Gasteiger partial charge >= 0.3 is 5.97 Å². The fourth-order valence-corrected chi connectivity index (χ4v) is 2.35. The van der Waals surface area contributed by atoms with Crippen molar-refractivity contribution in [3.63, 3.8) is 0 Å². The minimum atomic E-state index is -0.750. The fourth-order valence-electron chi connectivity index (χ4n) is 2.35. The summed E-state index contributed by atoms with van der Waals surface area (Å²) in [5, 5.41) is 20.5. The van der Waals surface area contributed by atoms with Gasteiger partial charge in [0.2, 0.25) is 0 Å². The van der Waals surface area contributed by atoms with Gasteiger partial charge in [-0.3, -0.25) is 4.79 Å². The molecule has 0 heterocycles. The lowest BCUT2D eigenvalue weighted by Gasteiger charge is -2.51. The van der Waals surface area contributed by atoms with Gasteiger partial charge in [-0.1, -0.05) is 19.0 Å². The smallest absolute Gasteiger partial charge is 0.303 e. The normalized spacial score (nSPS) is 30.9. The Morgan fingerprint density at radius 2 is 2.14 bits per heavy atom. The summed E-state index contributed by atoms with van der Waals surface area (Å²) in [5.41, 5.74) is 0.644. The van der Waals surface area contributed by atoms with Crippen molar-refractivity contribution in [1.82, 2.24) is 0 Å². The van der Waals surface area contributed by atoms with Crippen molar-refractivity contribution in [2.45, 2.75) is 33.6 Å². The van der Waals surface area contributed by atoms with E-state index in [0.717, 1.165) is 6.42 Å². The van der Waals surface area contributed by atoms with Crippen LogP contribution in [0.15, 0.2) is 5.16 Å². The van der Waals surface area contributed by atoms with Gasteiger partial charge in [-0.05, 0) is 24.7 Å². The van der Waals surface area contributed by atoms with Gasteiger partial charge in [-0.2, -0.15) is 0 Å². The molecule has 80 valence electrons.